The number of carbonyl (C=O) groups excluding carboxylic acids is 1. The Balaban J connectivity index is 2.21. The van der Waals surface area contributed by atoms with Crippen molar-refractivity contribution in [2.75, 3.05) is 0 Å². The van der Waals surface area contributed by atoms with Crippen molar-refractivity contribution >= 4 is 23.3 Å². The van der Waals surface area contributed by atoms with Crippen molar-refractivity contribution < 1.29 is 4.79 Å². The largest absolute Gasteiger partial charge is 0.298 e. The number of aldehydes is 1. The maximum atomic E-state index is 10.6. The van der Waals surface area contributed by atoms with E-state index in [-0.39, 0.29) is 0 Å². The molecule has 0 bridgehead atoms. The topological polar surface area (TPSA) is 29.4 Å². The highest BCUT2D eigenvalue weighted by Gasteiger charge is 2.22. The van der Waals surface area contributed by atoms with Gasteiger partial charge in [-0.2, -0.15) is 0 Å². The SMILES string of the molecule is O=CC1=CC2=Nc3ccccc3C2=C1. The molecule has 66 valence electrons. The summed E-state index contributed by atoms with van der Waals surface area (Å²) in [5.74, 6) is 0. The molecule has 1 heterocycles. The van der Waals surface area contributed by atoms with E-state index in [1.807, 2.05) is 36.4 Å². The molecule has 0 N–H and O–H groups in total. The lowest BCUT2D eigenvalue weighted by atomic mass is 10.1. The maximum Gasteiger partial charge on any atom is 0.150 e. The number of aliphatic imine (C=N–C) groups is 1. The van der Waals surface area contributed by atoms with Crippen molar-refractivity contribution in [2.45, 2.75) is 0 Å². The first-order valence-corrected chi connectivity index (χ1v) is 4.45. The number of fused-ring (bicyclic) bond motifs is 3. The van der Waals surface area contributed by atoms with Crippen molar-refractivity contribution in [3.8, 4) is 0 Å². The van der Waals surface area contributed by atoms with Gasteiger partial charge in [-0.1, -0.05) is 18.2 Å². The van der Waals surface area contributed by atoms with E-state index >= 15 is 0 Å². The van der Waals surface area contributed by atoms with Gasteiger partial charge in [-0.05, 0) is 18.2 Å². The minimum Gasteiger partial charge on any atom is -0.298 e. The Hall–Kier alpha value is -1.96. The van der Waals surface area contributed by atoms with Crippen LogP contribution in [0.4, 0.5) is 5.69 Å². The van der Waals surface area contributed by atoms with E-state index in [1.54, 1.807) is 0 Å². The standard InChI is InChI=1S/C12H7NO/c14-7-8-5-10-9-3-1-2-4-11(9)13-12(10)6-8/h1-7H. The zero-order valence-electron chi connectivity index (χ0n) is 7.40. The second-order valence-corrected chi connectivity index (χ2v) is 3.33. The van der Waals surface area contributed by atoms with E-state index in [4.69, 9.17) is 0 Å². The van der Waals surface area contributed by atoms with Crippen LogP contribution in [0.3, 0.4) is 0 Å². The quantitative estimate of drug-likeness (QED) is 0.611. The maximum absolute atomic E-state index is 10.6. The summed E-state index contributed by atoms with van der Waals surface area (Å²) in [6, 6.07) is 7.96. The summed E-state index contributed by atoms with van der Waals surface area (Å²) in [4.78, 5) is 15.0. The van der Waals surface area contributed by atoms with Gasteiger partial charge in [-0.3, -0.25) is 4.79 Å². The zero-order valence-corrected chi connectivity index (χ0v) is 7.40. The van der Waals surface area contributed by atoms with E-state index in [0.29, 0.717) is 5.57 Å². The molecule has 1 aliphatic heterocycles. The molecule has 3 rings (SSSR count). The summed E-state index contributed by atoms with van der Waals surface area (Å²) in [7, 11) is 0. The number of para-hydroxylation sites is 1. The Morgan fingerprint density at radius 1 is 1.14 bits per heavy atom. The molecule has 0 spiro atoms. The van der Waals surface area contributed by atoms with Crippen LogP contribution in [0.15, 0.2) is 47.0 Å². The number of hydrogen-bond acceptors (Lipinski definition) is 2. The molecule has 0 saturated heterocycles. The monoisotopic (exact) mass is 181 g/mol. The second-order valence-electron chi connectivity index (χ2n) is 3.33. The van der Waals surface area contributed by atoms with Gasteiger partial charge in [0.2, 0.25) is 0 Å². The van der Waals surface area contributed by atoms with Gasteiger partial charge in [0.25, 0.3) is 0 Å². The molecule has 0 atom stereocenters. The molecule has 0 saturated carbocycles. The molecule has 0 radical (unpaired) electrons. The molecule has 1 aromatic rings. The molecule has 0 fully saturated rings. The lowest BCUT2D eigenvalue weighted by Crippen LogP contribution is -1.85. The lowest BCUT2D eigenvalue weighted by Gasteiger charge is -1.96. The fourth-order valence-corrected chi connectivity index (χ4v) is 1.82. The van der Waals surface area contributed by atoms with Crippen molar-refractivity contribution in [3.05, 3.63) is 47.6 Å². The molecule has 0 unspecified atom stereocenters. The Morgan fingerprint density at radius 3 is 2.86 bits per heavy atom. The predicted molar refractivity (Wildman–Crippen MR) is 55.7 cm³/mol. The first kappa shape index (κ1) is 7.44. The molecule has 0 amide bonds. The first-order valence-electron chi connectivity index (χ1n) is 4.45. The minimum absolute atomic E-state index is 0.702. The molecular formula is C12H7NO. The zero-order chi connectivity index (χ0) is 9.54. The Morgan fingerprint density at radius 2 is 2.00 bits per heavy atom. The number of benzene rings is 1. The molecule has 2 nitrogen and oxygen atoms in total. The summed E-state index contributed by atoms with van der Waals surface area (Å²) in [5.41, 5.74) is 4.80. The van der Waals surface area contributed by atoms with Crippen LogP contribution in [0.1, 0.15) is 5.56 Å². The van der Waals surface area contributed by atoms with Crippen LogP contribution in [0.5, 0.6) is 0 Å². The van der Waals surface area contributed by atoms with Gasteiger partial charge in [0, 0.05) is 16.7 Å². The van der Waals surface area contributed by atoms with Crippen LogP contribution in [0.25, 0.3) is 5.57 Å². The molecule has 1 aromatic carbocycles. The van der Waals surface area contributed by atoms with Gasteiger partial charge in [0.05, 0.1) is 11.4 Å². The van der Waals surface area contributed by atoms with Crippen LogP contribution >= 0.6 is 0 Å². The molecule has 2 heteroatoms. The van der Waals surface area contributed by atoms with E-state index in [9.17, 15) is 4.79 Å². The van der Waals surface area contributed by atoms with Gasteiger partial charge in [-0.25, -0.2) is 4.99 Å². The van der Waals surface area contributed by atoms with Crippen molar-refractivity contribution in [1.82, 2.24) is 0 Å². The van der Waals surface area contributed by atoms with E-state index in [0.717, 1.165) is 28.8 Å². The van der Waals surface area contributed by atoms with Crippen LogP contribution < -0.4 is 0 Å². The lowest BCUT2D eigenvalue weighted by molar-refractivity contribution is -0.104. The Bertz CT molecular complexity index is 521. The second kappa shape index (κ2) is 2.51. The number of carbonyl (C=O) groups is 1. The predicted octanol–water partition coefficient (Wildman–Crippen LogP) is 2.29. The molecule has 0 aromatic heterocycles. The van der Waals surface area contributed by atoms with Crippen LogP contribution in [0.2, 0.25) is 0 Å². The Kier molecular flexibility index (Phi) is 1.34. The smallest absolute Gasteiger partial charge is 0.150 e. The molecular weight excluding hydrogens is 174 g/mol. The Labute approximate surface area is 81.3 Å². The summed E-state index contributed by atoms with van der Waals surface area (Å²) >= 11 is 0. The average molecular weight is 181 g/mol. The normalized spacial score (nSPS) is 16.7. The van der Waals surface area contributed by atoms with Crippen LogP contribution in [-0.2, 0) is 4.79 Å². The third kappa shape index (κ3) is 0.852. The van der Waals surface area contributed by atoms with Gasteiger partial charge in [-0.15, -0.1) is 0 Å². The first-order chi connectivity index (χ1) is 6.88. The average Bonchev–Trinajstić information content (AvgIpc) is 2.73. The van der Waals surface area contributed by atoms with Gasteiger partial charge >= 0.3 is 0 Å². The van der Waals surface area contributed by atoms with E-state index in [2.05, 4.69) is 4.99 Å². The summed E-state index contributed by atoms with van der Waals surface area (Å²) < 4.78 is 0. The van der Waals surface area contributed by atoms with E-state index in [1.165, 1.54) is 0 Å². The third-order valence-electron chi connectivity index (χ3n) is 2.46. The van der Waals surface area contributed by atoms with Gasteiger partial charge < -0.3 is 0 Å². The fourth-order valence-electron chi connectivity index (χ4n) is 1.82. The third-order valence-corrected chi connectivity index (χ3v) is 2.46. The van der Waals surface area contributed by atoms with Crippen molar-refractivity contribution in [2.24, 2.45) is 4.99 Å². The van der Waals surface area contributed by atoms with Crippen molar-refractivity contribution in [3.63, 3.8) is 0 Å². The summed E-state index contributed by atoms with van der Waals surface area (Å²) in [6.07, 6.45) is 4.57. The van der Waals surface area contributed by atoms with Gasteiger partial charge in [0.15, 0.2) is 0 Å². The number of allylic oxidation sites excluding steroid dienone is 4. The van der Waals surface area contributed by atoms with Gasteiger partial charge in [0.1, 0.15) is 6.29 Å². The highest BCUT2D eigenvalue weighted by Crippen LogP contribution is 2.38. The highest BCUT2D eigenvalue weighted by atomic mass is 16.1. The summed E-state index contributed by atoms with van der Waals surface area (Å²) in [6.45, 7) is 0. The number of hydrogen-bond donors (Lipinski definition) is 0. The molecule has 1 aliphatic carbocycles. The van der Waals surface area contributed by atoms with Crippen LogP contribution in [-0.4, -0.2) is 12.0 Å². The van der Waals surface area contributed by atoms with E-state index < -0.39 is 0 Å². The number of rotatable bonds is 1. The summed E-state index contributed by atoms with van der Waals surface area (Å²) in [5, 5.41) is 0. The van der Waals surface area contributed by atoms with Crippen molar-refractivity contribution in [1.29, 1.82) is 0 Å². The fraction of sp³-hybridized carbons (Fsp3) is 0. The molecule has 14 heavy (non-hydrogen) atoms. The minimum atomic E-state index is 0.702. The highest BCUT2D eigenvalue weighted by molar-refractivity contribution is 6.37. The van der Waals surface area contributed by atoms with Crippen LogP contribution in [0, 0.1) is 0 Å². The number of nitrogens with zero attached hydrogens (tertiary/aromatic N) is 1. The molecule has 2 aliphatic rings.